The molecule has 0 spiro atoms. The number of anilines is 1. The van der Waals surface area contributed by atoms with Gasteiger partial charge in [0, 0.05) is 25.3 Å². The summed E-state index contributed by atoms with van der Waals surface area (Å²) in [6.45, 7) is 3.01. The lowest BCUT2D eigenvalue weighted by Gasteiger charge is -2.42. The first kappa shape index (κ1) is 14.2. The Morgan fingerprint density at radius 2 is 2.10 bits per heavy atom. The van der Waals surface area contributed by atoms with Crippen LogP contribution in [0.3, 0.4) is 0 Å². The number of piperazine rings is 1. The van der Waals surface area contributed by atoms with E-state index in [9.17, 15) is 18.0 Å². The van der Waals surface area contributed by atoms with Gasteiger partial charge in [-0.25, -0.2) is 4.98 Å². The Labute approximate surface area is 120 Å². The predicted octanol–water partition coefficient (Wildman–Crippen LogP) is 2.30. The van der Waals surface area contributed by atoms with Gasteiger partial charge in [-0.15, -0.1) is 0 Å². The maximum Gasteiger partial charge on any atom is 0.416 e. The standard InChI is InChI=1S/C14H16F3N3O/c1-9-13(21)19-6-2-3-11(19)8-20(9)12-7-10(4-5-18-12)14(15,16)17/h4-5,7,9,11H,2-3,6,8H2,1H3/t9-,11-/m0/s1. The molecular formula is C14H16F3N3O. The van der Waals surface area contributed by atoms with E-state index in [0.717, 1.165) is 37.7 Å². The number of carbonyl (C=O) groups excluding carboxylic acids is 1. The molecule has 21 heavy (non-hydrogen) atoms. The monoisotopic (exact) mass is 299 g/mol. The Morgan fingerprint density at radius 1 is 1.33 bits per heavy atom. The molecule has 4 nitrogen and oxygen atoms in total. The lowest BCUT2D eigenvalue weighted by atomic mass is 10.1. The Hall–Kier alpha value is -1.79. The first-order chi connectivity index (χ1) is 9.88. The fourth-order valence-electron chi connectivity index (χ4n) is 3.12. The second-order valence-corrected chi connectivity index (χ2v) is 5.56. The highest BCUT2D eigenvalue weighted by Crippen LogP contribution is 2.33. The molecule has 7 heteroatoms. The van der Waals surface area contributed by atoms with Crippen molar-refractivity contribution >= 4 is 11.7 Å². The van der Waals surface area contributed by atoms with Crippen LogP contribution in [0.2, 0.25) is 0 Å². The molecule has 0 N–H and O–H groups in total. The molecule has 0 saturated carbocycles. The number of rotatable bonds is 1. The smallest absolute Gasteiger partial charge is 0.343 e. The molecule has 2 aliphatic rings. The van der Waals surface area contributed by atoms with Crippen LogP contribution in [0.5, 0.6) is 0 Å². The predicted molar refractivity (Wildman–Crippen MR) is 70.8 cm³/mol. The maximum atomic E-state index is 12.8. The van der Waals surface area contributed by atoms with Crippen molar-refractivity contribution in [2.45, 2.75) is 38.0 Å². The molecular weight excluding hydrogens is 283 g/mol. The number of alkyl halides is 3. The largest absolute Gasteiger partial charge is 0.416 e. The second-order valence-electron chi connectivity index (χ2n) is 5.56. The van der Waals surface area contributed by atoms with Crippen LogP contribution < -0.4 is 4.90 Å². The summed E-state index contributed by atoms with van der Waals surface area (Å²) in [6, 6.07) is 1.58. The summed E-state index contributed by atoms with van der Waals surface area (Å²) in [5.74, 6) is 0.195. The number of hydrogen-bond acceptors (Lipinski definition) is 3. The van der Waals surface area contributed by atoms with Crippen molar-refractivity contribution in [3.63, 3.8) is 0 Å². The van der Waals surface area contributed by atoms with Gasteiger partial charge in [-0.2, -0.15) is 13.2 Å². The summed E-state index contributed by atoms with van der Waals surface area (Å²) in [4.78, 5) is 19.9. The van der Waals surface area contributed by atoms with Crippen molar-refractivity contribution < 1.29 is 18.0 Å². The zero-order chi connectivity index (χ0) is 15.2. The summed E-state index contributed by atoms with van der Waals surface area (Å²) >= 11 is 0. The highest BCUT2D eigenvalue weighted by atomic mass is 19.4. The summed E-state index contributed by atoms with van der Waals surface area (Å²) < 4.78 is 38.4. The van der Waals surface area contributed by atoms with Gasteiger partial charge in [0.2, 0.25) is 5.91 Å². The molecule has 2 atom stereocenters. The highest BCUT2D eigenvalue weighted by molar-refractivity contribution is 5.86. The van der Waals surface area contributed by atoms with Gasteiger partial charge in [-0.1, -0.05) is 0 Å². The van der Waals surface area contributed by atoms with Gasteiger partial charge >= 0.3 is 6.18 Å². The fourth-order valence-corrected chi connectivity index (χ4v) is 3.12. The van der Waals surface area contributed by atoms with Gasteiger partial charge in [0.25, 0.3) is 0 Å². The quantitative estimate of drug-likeness (QED) is 0.798. The minimum atomic E-state index is -4.40. The first-order valence-corrected chi connectivity index (χ1v) is 6.98. The summed E-state index contributed by atoms with van der Waals surface area (Å²) in [7, 11) is 0. The van der Waals surface area contributed by atoms with Gasteiger partial charge in [0.05, 0.1) is 5.56 Å². The Balaban J connectivity index is 1.91. The van der Waals surface area contributed by atoms with E-state index in [4.69, 9.17) is 0 Å². The minimum absolute atomic E-state index is 0.0250. The number of amides is 1. The van der Waals surface area contributed by atoms with Crippen LogP contribution in [0.15, 0.2) is 18.3 Å². The Bertz CT molecular complexity index is 561. The third kappa shape index (κ3) is 2.45. The minimum Gasteiger partial charge on any atom is -0.343 e. The van der Waals surface area contributed by atoms with Crippen LogP contribution in [-0.4, -0.2) is 41.0 Å². The normalized spacial score (nSPS) is 26.2. The Kier molecular flexibility index (Phi) is 3.30. The van der Waals surface area contributed by atoms with E-state index in [1.165, 1.54) is 0 Å². The van der Waals surface area contributed by atoms with Crippen molar-refractivity contribution in [1.82, 2.24) is 9.88 Å². The SMILES string of the molecule is C[C@H]1C(=O)N2CCC[C@H]2CN1c1cc(C(F)(F)F)ccn1. The van der Waals surface area contributed by atoms with Crippen molar-refractivity contribution in [3.05, 3.63) is 23.9 Å². The molecule has 3 heterocycles. The number of hydrogen-bond donors (Lipinski definition) is 0. The summed E-state index contributed by atoms with van der Waals surface area (Å²) in [6.07, 6.45) is -1.41. The third-order valence-electron chi connectivity index (χ3n) is 4.26. The molecule has 2 saturated heterocycles. The molecule has 0 radical (unpaired) electrons. The molecule has 0 aromatic carbocycles. The number of pyridine rings is 1. The average Bonchev–Trinajstić information content (AvgIpc) is 2.90. The second kappa shape index (κ2) is 4.89. The fraction of sp³-hybridized carbons (Fsp3) is 0.571. The van der Waals surface area contributed by atoms with E-state index < -0.39 is 17.8 Å². The van der Waals surface area contributed by atoms with Gasteiger partial charge in [0.1, 0.15) is 11.9 Å². The van der Waals surface area contributed by atoms with Crippen LogP contribution in [0.25, 0.3) is 0 Å². The van der Waals surface area contributed by atoms with Crippen molar-refractivity contribution in [2.75, 3.05) is 18.0 Å². The van der Waals surface area contributed by atoms with Crippen molar-refractivity contribution in [3.8, 4) is 0 Å². The number of halogens is 3. The molecule has 0 unspecified atom stereocenters. The van der Waals surface area contributed by atoms with Gasteiger partial charge in [-0.3, -0.25) is 4.79 Å². The molecule has 1 aromatic heterocycles. The van der Waals surface area contributed by atoms with Crippen LogP contribution >= 0.6 is 0 Å². The highest BCUT2D eigenvalue weighted by Gasteiger charge is 2.41. The van der Waals surface area contributed by atoms with Gasteiger partial charge in [-0.05, 0) is 31.9 Å². The molecule has 2 fully saturated rings. The first-order valence-electron chi connectivity index (χ1n) is 6.98. The number of nitrogens with zero attached hydrogens (tertiary/aromatic N) is 3. The molecule has 0 aliphatic carbocycles. The van der Waals surface area contributed by atoms with Crippen molar-refractivity contribution in [2.24, 2.45) is 0 Å². The summed E-state index contributed by atoms with van der Waals surface area (Å²) in [5.41, 5.74) is -0.735. The molecule has 1 amide bonds. The molecule has 3 rings (SSSR count). The van der Waals surface area contributed by atoms with E-state index in [-0.39, 0.29) is 17.8 Å². The van der Waals surface area contributed by atoms with Crippen LogP contribution in [-0.2, 0) is 11.0 Å². The molecule has 114 valence electrons. The zero-order valence-electron chi connectivity index (χ0n) is 11.6. The third-order valence-corrected chi connectivity index (χ3v) is 4.26. The summed E-state index contributed by atoms with van der Waals surface area (Å²) in [5, 5.41) is 0. The molecule has 2 aliphatic heterocycles. The van der Waals surface area contributed by atoms with Gasteiger partial charge in [0.15, 0.2) is 0 Å². The molecule has 0 bridgehead atoms. The van der Waals surface area contributed by atoms with E-state index >= 15 is 0 Å². The lowest BCUT2D eigenvalue weighted by molar-refractivity contribution is -0.137. The topological polar surface area (TPSA) is 36.4 Å². The lowest BCUT2D eigenvalue weighted by Crippen LogP contribution is -2.59. The molecule has 1 aromatic rings. The van der Waals surface area contributed by atoms with Crippen LogP contribution in [0.4, 0.5) is 19.0 Å². The van der Waals surface area contributed by atoms with Crippen LogP contribution in [0, 0.1) is 0 Å². The van der Waals surface area contributed by atoms with Crippen molar-refractivity contribution in [1.29, 1.82) is 0 Å². The number of fused-ring (bicyclic) bond motifs is 1. The maximum absolute atomic E-state index is 12.8. The van der Waals surface area contributed by atoms with E-state index in [2.05, 4.69) is 4.98 Å². The van der Waals surface area contributed by atoms with Gasteiger partial charge < -0.3 is 9.80 Å². The van der Waals surface area contributed by atoms with Crippen LogP contribution in [0.1, 0.15) is 25.3 Å². The number of aromatic nitrogens is 1. The number of carbonyl (C=O) groups is 1. The Morgan fingerprint density at radius 3 is 2.81 bits per heavy atom. The zero-order valence-corrected chi connectivity index (χ0v) is 11.6. The average molecular weight is 299 g/mol. The van der Waals surface area contributed by atoms with E-state index in [1.54, 1.807) is 11.8 Å². The van der Waals surface area contributed by atoms with E-state index in [1.807, 2.05) is 4.90 Å². The van der Waals surface area contributed by atoms with E-state index in [0.29, 0.717) is 6.54 Å².